The van der Waals surface area contributed by atoms with Gasteiger partial charge in [-0.1, -0.05) is 0 Å². The molecule has 1 aromatic rings. The Morgan fingerprint density at radius 2 is 2.08 bits per heavy atom. The van der Waals surface area contributed by atoms with Gasteiger partial charge in [0.2, 0.25) is 0 Å². The van der Waals surface area contributed by atoms with Crippen LogP contribution in [0, 0.1) is 0 Å². The zero-order chi connectivity index (χ0) is 18.4. The van der Waals surface area contributed by atoms with E-state index in [1.807, 2.05) is 39.2 Å². The first kappa shape index (κ1) is 20.4. The molecule has 1 aromatic heterocycles. The second kappa shape index (κ2) is 9.12. The minimum atomic E-state index is -0.868. The van der Waals surface area contributed by atoms with E-state index in [1.165, 1.54) is 34.8 Å². The predicted octanol–water partition coefficient (Wildman–Crippen LogP) is 2.97. The van der Waals surface area contributed by atoms with E-state index in [2.05, 4.69) is 22.1 Å². The summed E-state index contributed by atoms with van der Waals surface area (Å²) in [6.45, 7) is 10.3. The maximum atomic E-state index is 12.2. The van der Waals surface area contributed by atoms with Gasteiger partial charge >= 0.3 is 0 Å². The molecular formula is C18H32N4OS2. The topological polar surface area (TPSA) is 57.6 Å². The van der Waals surface area contributed by atoms with Crippen LogP contribution < -0.4 is 5.32 Å². The van der Waals surface area contributed by atoms with E-state index in [0.29, 0.717) is 12.3 Å². The summed E-state index contributed by atoms with van der Waals surface area (Å²) in [5, 5.41) is 4.50. The fraction of sp³-hybridized carbons (Fsp3) is 0.778. The molecule has 1 N–H and O–H groups in total. The number of fused-ring (bicyclic) bond motifs is 1. The quantitative estimate of drug-likeness (QED) is 0.605. The normalized spacial score (nSPS) is 16.4. The minimum absolute atomic E-state index is 0.181. The van der Waals surface area contributed by atoms with Crippen molar-refractivity contribution >= 4 is 28.1 Å². The van der Waals surface area contributed by atoms with Crippen molar-refractivity contribution in [3.63, 3.8) is 0 Å². The number of aliphatic imine (C=N–C) groups is 1. The van der Waals surface area contributed by atoms with E-state index in [0.717, 1.165) is 25.5 Å². The zero-order valence-corrected chi connectivity index (χ0v) is 17.9. The molecule has 2 rings (SSSR count). The van der Waals surface area contributed by atoms with E-state index in [4.69, 9.17) is 4.98 Å². The SMILES string of the molecule is CCNC(=NCCS(=O)C(C)(C)C)N(C)Cc1nc2c(s1)CCCC2. The lowest BCUT2D eigenvalue weighted by Crippen LogP contribution is -2.39. The molecule has 0 radical (unpaired) electrons. The summed E-state index contributed by atoms with van der Waals surface area (Å²) in [5.74, 6) is 1.46. The van der Waals surface area contributed by atoms with Gasteiger partial charge in [-0.05, 0) is 53.4 Å². The molecule has 0 saturated carbocycles. The van der Waals surface area contributed by atoms with Crippen LogP contribution in [0.15, 0.2) is 4.99 Å². The number of hydrogen-bond acceptors (Lipinski definition) is 4. The number of aryl methyl sites for hydroxylation is 2. The fourth-order valence-corrected chi connectivity index (χ4v) is 4.84. The average Bonchev–Trinajstić information content (AvgIpc) is 2.95. The summed E-state index contributed by atoms with van der Waals surface area (Å²) in [6, 6.07) is 0. The van der Waals surface area contributed by atoms with Crippen molar-refractivity contribution < 1.29 is 4.21 Å². The molecule has 1 atom stereocenters. The summed E-state index contributed by atoms with van der Waals surface area (Å²) in [6.07, 6.45) is 4.87. The molecule has 0 spiro atoms. The second-order valence-electron chi connectivity index (χ2n) is 7.44. The summed E-state index contributed by atoms with van der Waals surface area (Å²) in [5.41, 5.74) is 1.31. The molecule has 7 heteroatoms. The van der Waals surface area contributed by atoms with Crippen LogP contribution in [0.1, 0.15) is 56.1 Å². The van der Waals surface area contributed by atoms with Gasteiger partial charge in [0.1, 0.15) is 5.01 Å². The zero-order valence-electron chi connectivity index (χ0n) is 16.2. The standard InChI is InChI=1S/C18H32N4OS2/c1-6-19-17(20-11-12-25(23)18(2,3)4)22(5)13-16-21-14-9-7-8-10-15(14)24-16/h6-13H2,1-5H3,(H,19,20). The van der Waals surface area contributed by atoms with Gasteiger partial charge in [-0.15, -0.1) is 11.3 Å². The van der Waals surface area contributed by atoms with E-state index in [1.54, 1.807) is 0 Å². The van der Waals surface area contributed by atoms with Crippen LogP contribution >= 0.6 is 11.3 Å². The smallest absolute Gasteiger partial charge is 0.194 e. The van der Waals surface area contributed by atoms with Gasteiger partial charge in [-0.2, -0.15) is 0 Å². The summed E-state index contributed by atoms with van der Waals surface area (Å²) < 4.78 is 12.0. The van der Waals surface area contributed by atoms with Crippen LogP contribution in [0.4, 0.5) is 0 Å². The van der Waals surface area contributed by atoms with Crippen LogP contribution in [-0.4, -0.2) is 50.7 Å². The highest BCUT2D eigenvalue weighted by Gasteiger charge is 2.19. The minimum Gasteiger partial charge on any atom is -0.357 e. The van der Waals surface area contributed by atoms with Gasteiger partial charge in [-0.25, -0.2) is 4.98 Å². The number of thiazole rings is 1. The number of aromatic nitrogens is 1. The van der Waals surface area contributed by atoms with Gasteiger partial charge in [0.05, 0.1) is 18.8 Å². The molecule has 0 saturated heterocycles. The average molecular weight is 385 g/mol. The fourth-order valence-electron chi connectivity index (χ4n) is 2.76. The third-order valence-electron chi connectivity index (χ3n) is 4.18. The Balaban J connectivity index is 1.97. The third-order valence-corrected chi connectivity index (χ3v) is 7.24. The molecule has 25 heavy (non-hydrogen) atoms. The number of rotatable bonds is 6. The van der Waals surface area contributed by atoms with Crippen molar-refractivity contribution in [1.82, 2.24) is 15.2 Å². The van der Waals surface area contributed by atoms with E-state index >= 15 is 0 Å². The molecule has 142 valence electrons. The molecule has 0 amide bonds. The van der Waals surface area contributed by atoms with Gasteiger partial charge in [0, 0.05) is 39.8 Å². The van der Waals surface area contributed by atoms with Crippen LogP contribution in [0.2, 0.25) is 0 Å². The first-order chi connectivity index (χ1) is 11.8. The van der Waals surface area contributed by atoms with Crippen molar-refractivity contribution in [2.45, 2.75) is 64.7 Å². The molecule has 5 nitrogen and oxygen atoms in total. The van der Waals surface area contributed by atoms with Crippen LogP contribution in [0.5, 0.6) is 0 Å². The highest BCUT2D eigenvalue weighted by molar-refractivity contribution is 7.86. The van der Waals surface area contributed by atoms with Crippen molar-refractivity contribution in [3.05, 3.63) is 15.6 Å². The molecular weight excluding hydrogens is 352 g/mol. The van der Waals surface area contributed by atoms with Gasteiger partial charge in [0.25, 0.3) is 0 Å². The number of hydrogen-bond donors (Lipinski definition) is 1. The monoisotopic (exact) mass is 384 g/mol. The predicted molar refractivity (Wildman–Crippen MR) is 109 cm³/mol. The maximum Gasteiger partial charge on any atom is 0.194 e. The second-order valence-corrected chi connectivity index (χ2v) is 10.9. The van der Waals surface area contributed by atoms with Crippen LogP contribution in [-0.2, 0) is 30.2 Å². The molecule has 1 unspecified atom stereocenters. The van der Waals surface area contributed by atoms with Crippen molar-refractivity contribution in [3.8, 4) is 0 Å². The van der Waals surface area contributed by atoms with E-state index < -0.39 is 10.8 Å². The highest BCUT2D eigenvalue weighted by Crippen LogP contribution is 2.27. The van der Waals surface area contributed by atoms with E-state index in [-0.39, 0.29) is 4.75 Å². The van der Waals surface area contributed by atoms with Crippen LogP contribution in [0.3, 0.4) is 0 Å². The number of nitrogens with zero attached hydrogens (tertiary/aromatic N) is 3. The van der Waals surface area contributed by atoms with Gasteiger partial charge < -0.3 is 10.2 Å². The lowest BCUT2D eigenvalue weighted by Gasteiger charge is -2.21. The first-order valence-corrected chi connectivity index (χ1v) is 11.3. The van der Waals surface area contributed by atoms with Crippen molar-refractivity contribution in [2.24, 2.45) is 4.99 Å². The molecule has 1 heterocycles. The number of guanidine groups is 1. The van der Waals surface area contributed by atoms with Gasteiger partial charge in [-0.3, -0.25) is 9.20 Å². The largest absolute Gasteiger partial charge is 0.357 e. The van der Waals surface area contributed by atoms with Crippen molar-refractivity contribution in [2.75, 3.05) is 25.9 Å². The molecule has 0 aromatic carbocycles. The molecule has 0 fully saturated rings. The number of nitrogens with one attached hydrogen (secondary N) is 1. The maximum absolute atomic E-state index is 12.2. The Morgan fingerprint density at radius 3 is 2.72 bits per heavy atom. The Labute approximate surface area is 158 Å². The first-order valence-electron chi connectivity index (χ1n) is 9.16. The molecule has 0 aliphatic heterocycles. The highest BCUT2D eigenvalue weighted by atomic mass is 32.2. The summed E-state index contributed by atoms with van der Waals surface area (Å²) >= 11 is 1.85. The Kier molecular flexibility index (Phi) is 7.43. The molecule has 1 aliphatic carbocycles. The van der Waals surface area contributed by atoms with Gasteiger partial charge in [0.15, 0.2) is 5.96 Å². The lowest BCUT2D eigenvalue weighted by atomic mass is 10.0. The summed E-state index contributed by atoms with van der Waals surface area (Å²) in [4.78, 5) is 13.1. The Bertz CT molecular complexity index is 596. The Morgan fingerprint density at radius 1 is 1.36 bits per heavy atom. The van der Waals surface area contributed by atoms with Crippen LogP contribution in [0.25, 0.3) is 0 Å². The molecule has 1 aliphatic rings. The third kappa shape index (κ3) is 6.06. The molecule has 0 bridgehead atoms. The lowest BCUT2D eigenvalue weighted by molar-refractivity contribution is 0.475. The van der Waals surface area contributed by atoms with Crippen molar-refractivity contribution in [1.29, 1.82) is 0 Å². The summed E-state index contributed by atoms with van der Waals surface area (Å²) in [7, 11) is 1.18. The Hall–Kier alpha value is -0.950. The van der Waals surface area contributed by atoms with E-state index in [9.17, 15) is 4.21 Å².